The summed E-state index contributed by atoms with van der Waals surface area (Å²) in [6, 6.07) is 7.76. The van der Waals surface area contributed by atoms with Crippen molar-refractivity contribution in [1.29, 1.82) is 0 Å². The molecule has 0 unspecified atom stereocenters. The number of hydrogen-bond donors (Lipinski definition) is 2. The molecule has 0 bridgehead atoms. The van der Waals surface area contributed by atoms with Gasteiger partial charge >= 0.3 is 5.97 Å². The predicted molar refractivity (Wildman–Crippen MR) is 127 cm³/mol. The lowest BCUT2D eigenvalue weighted by Gasteiger charge is -2.18. The maximum absolute atomic E-state index is 12.4. The van der Waals surface area contributed by atoms with Crippen molar-refractivity contribution in [2.75, 3.05) is 19.5 Å². The Balaban J connectivity index is 1.44. The number of esters is 1. The van der Waals surface area contributed by atoms with Crippen LogP contribution in [0.25, 0.3) is 10.9 Å². The van der Waals surface area contributed by atoms with Gasteiger partial charge in [0.2, 0.25) is 5.91 Å². The van der Waals surface area contributed by atoms with E-state index in [-0.39, 0.29) is 18.5 Å². The minimum absolute atomic E-state index is 0.0380. The van der Waals surface area contributed by atoms with Crippen molar-refractivity contribution in [3.8, 4) is 11.5 Å². The number of H-pyrrole nitrogens is 1. The molecule has 0 aliphatic carbocycles. The minimum Gasteiger partial charge on any atom is -0.496 e. The van der Waals surface area contributed by atoms with Crippen LogP contribution in [0.5, 0.6) is 11.5 Å². The molecular formula is C26H28N2O5. The summed E-state index contributed by atoms with van der Waals surface area (Å²) in [5, 5.41) is 4.01. The summed E-state index contributed by atoms with van der Waals surface area (Å²) in [4.78, 5) is 27.8. The number of ether oxygens (including phenoxy) is 3. The van der Waals surface area contributed by atoms with Gasteiger partial charge in [-0.25, -0.2) is 4.79 Å². The number of nitrogens with one attached hydrogen (secondary N) is 2. The van der Waals surface area contributed by atoms with Crippen molar-refractivity contribution in [3.05, 3.63) is 64.4 Å². The summed E-state index contributed by atoms with van der Waals surface area (Å²) in [7, 11) is 3.16. The van der Waals surface area contributed by atoms with Crippen molar-refractivity contribution in [2.45, 2.75) is 39.7 Å². The first-order valence-corrected chi connectivity index (χ1v) is 10.9. The van der Waals surface area contributed by atoms with Crippen molar-refractivity contribution in [2.24, 2.45) is 0 Å². The molecule has 0 radical (unpaired) electrons. The van der Waals surface area contributed by atoms with Crippen molar-refractivity contribution < 1.29 is 23.8 Å². The number of allylic oxidation sites excluding steroid dienone is 2. The number of aromatic amines is 1. The quantitative estimate of drug-likeness (QED) is 0.371. The minimum atomic E-state index is -0.371. The lowest BCUT2D eigenvalue weighted by molar-refractivity contribution is -0.116. The van der Waals surface area contributed by atoms with Gasteiger partial charge in [-0.05, 0) is 56.5 Å². The highest BCUT2D eigenvalue weighted by molar-refractivity contribution is 5.98. The number of amides is 1. The van der Waals surface area contributed by atoms with Crippen LogP contribution in [0.4, 0.5) is 5.69 Å². The van der Waals surface area contributed by atoms with Crippen LogP contribution in [0, 0.1) is 6.92 Å². The van der Waals surface area contributed by atoms with Gasteiger partial charge in [-0.1, -0.05) is 11.6 Å². The van der Waals surface area contributed by atoms with Crippen LogP contribution in [-0.2, 0) is 22.6 Å². The molecule has 3 aromatic rings. The molecular weight excluding hydrogens is 420 g/mol. The molecule has 0 saturated carbocycles. The Kier molecular flexibility index (Phi) is 6.40. The van der Waals surface area contributed by atoms with Crippen LogP contribution < -0.4 is 14.8 Å². The summed E-state index contributed by atoms with van der Waals surface area (Å²) < 4.78 is 16.5. The third-order valence-electron chi connectivity index (χ3n) is 6.07. The molecule has 1 aliphatic rings. The first-order valence-electron chi connectivity index (χ1n) is 10.9. The summed E-state index contributed by atoms with van der Waals surface area (Å²) in [5.74, 6) is 0.788. The van der Waals surface area contributed by atoms with Crippen molar-refractivity contribution in [1.82, 2.24) is 4.98 Å². The van der Waals surface area contributed by atoms with Gasteiger partial charge in [-0.15, -0.1) is 0 Å². The average molecular weight is 449 g/mol. The molecule has 1 aliphatic heterocycles. The standard InChI is InChI=1S/C26H28N2O5/c1-15(6-10-22(29)28-18-7-9-21-17(13-18)11-12-27-21)5-8-19-24(31-3)16(2)20-14-33-26(30)23(20)25(19)32-4/h5,7,9,11-13,27H,6,8,10,14H2,1-4H3,(H,28,29)/b15-5+. The topological polar surface area (TPSA) is 89.7 Å². The van der Waals surface area contributed by atoms with Gasteiger partial charge in [-0.3, -0.25) is 4.79 Å². The van der Waals surface area contributed by atoms with Crippen LogP contribution in [-0.4, -0.2) is 31.1 Å². The van der Waals surface area contributed by atoms with Gasteiger partial charge in [0, 0.05) is 40.3 Å². The van der Waals surface area contributed by atoms with Crippen LogP contribution in [0.15, 0.2) is 42.1 Å². The zero-order valence-electron chi connectivity index (χ0n) is 19.3. The van der Waals surface area contributed by atoms with E-state index in [1.807, 2.05) is 50.4 Å². The zero-order valence-corrected chi connectivity index (χ0v) is 19.3. The highest BCUT2D eigenvalue weighted by Crippen LogP contribution is 2.42. The van der Waals surface area contributed by atoms with E-state index in [2.05, 4.69) is 10.3 Å². The summed E-state index contributed by atoms with van der Waals surface area (Å²) in [6.45, 7) is 4.15. The second-order valence-electron chi connectivity index (χ2n) is 8.18. The number of rotatable bonds is 8. The monoisotopic (exact) mass is 448 g/mol. The Bertz CT molecular complexity index is 1260. The van der Waals surface area contributed by atoms with Crippen LogP contribution >= 0.6 is 0 Å². The molecule has 1 aromatic heterocycles. The smallest absolute Gasteiger partial charge is 0.342 e. The lowest BCUT2D eigenvalue weighted by atomic mass is 9.94. The van der Waals surface area contributed by atoms with Crippen LogP contribution in [0.2, 0.25) is 0 Å². The fraction of sp³-hybridized carbons (Fsp3) is 0.308. The number of carbonyl (C=O) groups excluding carboxylic acids is 2. The SMILES string of the molecule is COc1c(C)c2c(c(OC)c1C/C=C(\C)CCC(=O)Nc1ccc3[nH]ccc3c1)C(=O)OC2. The van der Waals surface area contributed by atoms with E-state index < -0.39 is 0 Å². The number of benzene rings is 2. The Labute approximate surface area is 192 Å². The number of methoxy groups -OCH3 is 2. The maximum atomic E-state index is 12.4. The van der Waals surface area contributed by atoms with E-state index in [0.717, 1.165) is 38.9 Å². The summed E-state index contributed by atoms with van der Waals surface area (Å²) in [6.07, 6.45) is 5.43. The molecule has 4 rings (SSSR count). The molecule has 7 heteroatoms. The Morgan fingerprint density at radius 1 is 1.18 bits per heavy atom. The first-order chi connectivity index (χ1) is 15.9. The van der Waals surface area contributed by atoms with E-state index in [1.54, 1.807) is 14.2 Å². The fourth-order valence-electron chi connectivity index (χ4n) is 4.28. The molecule has 2 heterocycles. The normalized spacial score (nSPS) is 13.1. The fourth-order valence-corrected chi connectivity index (χ4v) is 4.28. The van der Waals surface area contributed by atoms with Crippen molar-refractivity contribution >= 4 is 28.5 Å². The van der Waals surface area contributed by atoms with Crippen molar-refractivity contribution in [3.63, 3.8) is 0 Å². The zero-order chi connectivity index (χ0) is 23.5. The van der Waals surface area contributed by atoms with Gasteiger partial charge in [0.1, 0.15) is 23.7 Å². The maximum Gasteiger partial charge on any atom is 0.342 e. The number of hydrogen-bond acceptors (Lipinski definition) is 5. The summed E-state index contributed by atoms with van der Waals surface area (Å²) in [5.41, 5.74) is 5.87. The number of fused-ring (bicyclic) bond motifs is 2. The molecule has 2 N–H and O–H groups in total. The molecule has 0 spiro atoms. The average Bonchev–Trinajstić information content (AvgIpc) is 3.43. The van der Waals surface area contributed by atoms with Gasteiger partial charge in [0.15, 0.2) is 0 Å². The van der Waals surface area contributed by atoms with Gasteiger partial charge in [0.05, 0.1) is 14.2 Å². The molecule has 33 heavy (non-hydrogen) atoms. The van der Waals surface area contributed by atoms with Gasteiger partial charge in [-0.2, -0.15) is 0 Å². The second-order valence-corrected chi connectivity index (χ2v) is 8.18. The van der Waals surface area contributed by atoms with E-state index >= 15 is 0 Å². The highest BCUT2D eigenvalue weighted by Gasteiger charge is 2.32. The second kappa shape index (κ2) is 9.40. The Morgan fingerprint density at radius 2 is 1.97 bits per heavy atom. The number of carbonyl (C=O) groups is 2. The van der Waals surface area contributed by atoms with E-state index in [9.17, 15) is 9.59 Å². The van der Waals surface area contributed by atoms with Gasteiger partial charge < -0.3 is 24.5 Å². The number of cyclic esters (lactones) is 1. The lowest BCUT2D eigenvalue weighted by Crippen LogP contribution is -2.11. The van der Waals surface area contributed by atoms with E-state index in [0.29, 0.717) is 36.3 Å². The third kappa shape index (κ3) is 4.44. The highest BCUT2D eigenvalue weighted by atomic mass is 16.5. The third-order valence-corrected chi connectivity index (χ3v) is 6.07. The molecule has 1 amide bonds. The number of anilines is 1. The molecule has 172 valence electrons. The summed E-state index contributed by atoms with van der Waals surface area (Å²) >= 11 is 0. The Morgan fingerprint density at radius 3 is 2.73 bits per heavy atom. The number of aromatic nitrogens is 1. The first kappa shape index (κ1) is 22.5. The molecule has 0 saturated heterocycles. The van der Waals surface area contributed by atoms with Crippen LogP contribution in [0.1, 0.15) is 46.8 Å². The van der Waals surface area contributed by atoms with E-state index in [1.165, 1.54) is 0 Å². The molecule has 0 fully saturated rings. The van der Waals surface area contributed by atoms with Gasteiger partial charge in [0.25, 0.3) is 0 Å². The van der Waals surface area contributed by atoms with Crippen LogP contribution in [0.3, 0.4) is 0 Å². The van der Waals surface area contributed by atoms with E-state index in [4.69, 9.17) is 14.2 Å². The molecule has 7 nitrogen and oxygen atoms in total. The molecule has 0 atom stereocenters. The predicted octanol–water partition coefficient (Wildman–Crippen LogP) is 5.07. The Hall–Kier alpha value is -3.74. The largest absolute Gasteiger partial charge is 0.496 e. The molecule has 2 aromatic carbocycles.